The number of nitro benzene ring substituents is 1. The second kappa shape index (κ2) is 7.08. The molecule has 1 aliphatic heterocycles. The Kier molecular flexibility index (Phi) is 5.30. The minimum Gasteiger partial charge on any atom is -0.490 e. The summed E-state index contributed by atoms with van der Waals surface area (Å²) in [4.78, 5) is 38.8. The van der Waals surface area contributed by atoms with Crippen molar-refractivity contribution in [2.75, 3.05) is 33.3 Å². The van der Waals surface area contributed by atoms with Crippen LogP contribution in [0.1, 0.15) is 31.1 Å². The van der Waals surface area contributed by atoms with E-state index >= 15 is 0 Å². The van der Waals surface area contributed by atoms with Gasteiger partial charge in [-0.25, -0.2) is 0 Å². The van der Waals surface area contributed by atoms with Gasteiger partial charge in [0.25, 0.3) is 5.91 Å². The quantitative estimate of drug-likeness (QED) is 0.614. The third kappa shape index (κ3) is 4.07. The van der Waals surface area contributed by atoms with Gasteiger partial charge in [-0.15, -0.1) is 0 Å². The molecular weight excluding hydrogens is 326 g/mol. The third-order valence-electron chi connectivity index (χ3n) is 4.12. The maximum atomic E-state index is 12.6. The lowest BCUT2D eigenvalue weighted by Crippen LogP contribution is -2.53. The summed E-state index contributed by atoms with van der Waals surface area (Å²) in [5.41, 5.74) is -0.457. The van der Waals surface area contributed by atoms with E-state index in [1.165, 1.54) is 25.3 Å². The van der Waals surface area contributed by atoms with Crippen molar-refractivity contribution in [2.45, 2.75) is 20.8 Å². The number of rotatable bonds is 3. The van der Waals surface area contributed by atoms with Gasteiger partial charge in [-0.3, -0.25) is 19.7 Å². The molecule has 0 N–H and O–H groups in total. The van der Waals surface area contributed by atoms with Crippen LogP contribution in [-0.4, -0.2) is 59.8 Å². The average Bonchev–Trinajstić information content (AvgIpc) is 2.59. The minimum atomic E-state index is -0.574. The molecule has 1 heterocycles. The van der Waals surface area contributed by atoms with Gasteiger partial charge in [0, 0.05) is 43.2 Å². The molecule has 136 valence electrons. The van der Waals surface area contributed by atoms with E-state index in [4.69, 9.17) is 4.74 Å². The van der Waals surface area contributed by atoms with E-state index < -0.39 is 10.3 Å². The van der Waals surface area contributed by atoms with E-state index in [1.807, 2.05) is 20.8 Å². The number of nitro groups is 1. The first kappa shape index (κ1) is 18.7. The molecule has 1 aromatic rings. The maximum absolute atomic E-state index is 12.6. The van der Waals surface area contributed by atoms with Gasteiger partial charge in [0.2, 0.25) is 5.91 Å². The number of hydrogen-bond donors (Lipinski definition) is 0. The highest BCUT2D eigenvalue weighted by molar-refractivity contribution is 5.95. The van der Waals surface area contributed by atoms with Gasteiger partial charge >= 0.3 is 5.69 Å². The predicted molar refractivity (Wildman–Crippen MR) is 91.6 cm³/mol. The fraction of sp³-hybridized carbons (Fsp3) is 0.529. The molecule has 1 aliphatic rings. The average molecular weight is 349 g/mol. The molecule has 0 bridgehead atoms. The van der Waals surface area contributed by atoms with Crippen LogP contribution >= 0.6 is 0 Å². The van der Waals surface area contributed by atoms with Gasteiger partial charge in [-0.05, 0) is 12.1 Å². The SMILES string of the molecule is COc1ccc(C(=O)N2CCN(C(=O)C(C)(C)C)CC2)cc1[N+](=O)[O-]. The molecule has 1 aromatic carbocycles. The summed E-state index contributed by atoms with van der Waals surface area (Å²) in [6.07, 6.45) is 0. The summed E-state index contributed by atoms with van der Waals surface area (Å²) in [6.45, 7) is 7.32. The number of nitrogens with zero attached hydrogens (tertiary/aromatic N) is 3. The maximum Gasteiger partial charge on any atom is 0.311 e. The van der Waals surface area contributed by atoms with Gasteiger partial charge in [0.1, 0.15) is 0 Å². The molecular formula is C17H23N3O5. The molecule has 2 rings (SSSR count). The summed E-state index contributed by atoms with van der Waals surface area (Å²) >= 11 is 0. The number of ether oxygens (including phenoxy) is 1. The van der Waals surface area contributed by atoms with Crippen LogP contribution < -0.4 is 4.74 Å². The summed E-state index contributed by atoms with van der Waals surface area (Å²) in [7, 11) is 1.34. The molecule has 2 amide bonds. The summed E-state index contributed by atoms with van der Waals surface area (Å²) in [5, 5.41) is 11.1. The topological polar surface area (TPSA) is 93.0 Å². The third-order valence-corrected chi connectivity index (χ3v) is 4.12. The number of methoxy groups -OCH3 is 1. The predicted octanol–water partition coefficient (Wildman–Crippen LogP) is 1.93. The van der Waals surface area contributed by atoms with Crippen molar-refractivity contribution in [1.82, 2.24) is 9.80 Å². The Labute approximate surface area is 146 Å². The van der Waals surface area contributed by atoms with Crippen molar-refractivity contribution in [1.29, 1.82) is 0 Å². The molecule has 0 radical (unpaired) electrons. The van der Waals surface area contributed by atoms with Crippen molar-refractivity contribution in [3.8, 4) is 5.75 Å². The largest absolute Gasteiger partial charge is 0.490 e. The highest BCUT2D eigenvalue weighted by atomic mass is 16.6. The summed E-state index contributed by atoms with van der Waals surface area (Å²) in [6, 6.07) is 4.17. The van der Waals surface area contributed by atoms with Crippen molar-refractivity contribution < 1.29 is 19.2 Å². The van der Waals surface area contributed by atoms with Crippen molar-refractivity contribution >= 4 is 17.5 Å². The molecule has 1 saturated heterocycles. The highest BCUT2D eigenvalue weighted by Gasteiger charge is 2.31. The fourth-order valence-corrected chi connectivity index (χ4v) is 2.74. The molecule has 0 aromatic heterocycles. The molecule has 0 unspecified atom stereocenters. The van der Waals surface area contributed by atoms with Gasteiger partial charge < -0.3 is 14.5 Å². The monoisotopic (exact) mass is 349 g/mol. The van der Waals surface area contributed by atoms with E-state index in [0.29, 0.717) is 26.2 Å². The minimum absolute atomic E-state index is 0.0553. The number of hydrogen-bond acceptors (Lipinski definition) is 5. The first-order valence-electron chi connectivity index (χ1n) is 8.06. The van der Waals surface area contributed by atoms with Crippen molar-refractivity contribution in [2.24, 2.45) is 5.41 Å². The number of piperazine rings is 1. The molecule has 0 aliphatic carbocycles. The van der Waals surface area contributed by atoms with E-state index in [2.05, 4.69) is 0 Å². The Bertz CT molecular complexity index is 688. The second-order valence-corrected chi connectivity index (χ2v) is 6.98. The van der Waals surface area contributed by atoms with Gasteiger partial charge in [-0.2, -0.15) is 0 Å². The smallest absolute Gasteiger partial charge is 0.311 e. The Morgan fingerprint density at radius 2 is 1.68 bits per heavy atom. The van der Waals surface area contributed by atoms with Gasteiger partial charge in [0.15, 0.2) is 5.75 Å². The van der Waals surface area contributed by atoms with E-state index in [1.54, 1.807) is 9.80 Å². The second-order valence-electron chi connectivity index (χ2n) is 6.98. The van der Waals surface area contributed by atoms with E-state index in [-0.39, 0.29) is 28.8 Å². The van der Waals surface area contributed by atoms with Crippen LogP contribution in [0.15, 0.2) is 18.2 Å². The van der Waals surface area contributed by atoms with Gasteiger partial charge in [0.05, 0.1) is 12.0 Å². The molecule has 25 heavy (non-hydrogen) atoms. The van der Waals surface area contributed by atoms with Crippen LogP contribution in [0.3, 0.4) is 0 Å². The zero-order valence-electron chi connectivity index (χ0n) is 14.9. The lowest BCUT2D eigenvalue weighted by Gasteiger charge is -2.37. The molecule has 0 saturated carbocycles. The summed E-state index contributed by atoms with van der Waals surface area (Å²) < 4.78 is 4.95. The molecule has 8 heteroatoms. The lowest BCUT2D eigenvalue weighted by molar-refractivity contribution is -0.385. The Morgan fingerprint density at radius 3 is 2.16 bits per heavy atom. The van der Waals surface area contributed by atoms with Crippen LogP contribution in [-0.2, 0) is 4.79 Å². The van der Waals surface area contributed by atoms with Crippen molar-refractivity contribution in [3.05, 3.63) is 33.9 Å². The highest BCUT2D eigenvalue weighted by Crippen LogP contribution is 2.28. The van der Waals surface area contributed by atoms with Gasteiger partial charge in [-0.1, -0.05) is 20.8 Å². The zero-order chi connectivity index (χ0) is 18.8. The number of benzene rings is 1. The van der Waals surface area contributed by atoms with E-state index in [9.17, 15) is 19.7 Å². The number of amides is 2. The number of carbonyl (C=O) groups excluding carboxylic acids is 2. The first-order chi connectivity index (χ1) is 11.6. The Hall–Kier alpha value is -2.64. The molecule has 8 nitrogen and oxygen atoms in total. The van der Waals surface area contributed by atoms with Crippen LogP contribution in [0.5, 0.6) is 5.75 Å². The Morgan fingerprint density at radius 1 is 1.12 bits per heavy atom. The lowest BCUT2D eigenvalue weighted by atomic mass is 9.94. The standard InChI is InChI=1S/C17H23N3O5/c1-17(2,3)16(22)19-9-7-18(8-10-19)15(21)12-5-6-14(25-4)13(11-12)20(23)24/h5-6,11H,7-10H2,1-4H3. The molecule has 1 fully saturated rings. The van der Waals surface area contributed by atoms with Crippen LogP contribution in [0.4, 0.5) is 5.69 Å². The fourth-order valence-electron chi connectivity index (χ4n) is 2.74. The van der Waals surface area contributed by atoms with Crippen LogP contribution in [0.2, 0.25) is 0 Å². The normalized spacial score (nSPS) is 15.0. The van der Waals surface area contributed by atoms with Crippen molar-refractivity contribution in [3.63, 3.8) is 0 Å². The number of carbonyl (C=O) groups is 2. The zero-order valence-corrected chi connectivity index (χ0v) is 14.9. The van der Waals surface area contributed by atoms with E-state index in [0.717, 1.165) is 0 Å². The summed E-state index contributed by atoms with van der Waals surface area (Å²) in [5.74, 6) is -0.115. The first-order valence-corrected chi connectivity index (χ1v) is 8.06. The molecule has 0 atom stereocenters. The van der Waals surface area contributed by atoms with Crippen LogP contribution in [0, 0.1) is 15.5 Å². The van der Waals surface area contributed by atoms with Crippen LogP contribution in [0.25, 0.3) is 0 Å². The molecule has 0 spiro atoms. The Balaban J connectivity index is 2.09.